The monoisotopic (exact) mass is 299 g/mol. The SMILES string of the molecule is O=C1C(=O)N(CCCCCCCl)c2c(Cl)cccc21. The number of amides is 1. The number of ketones is 1. The smallest absolute Gasteiger partial charge is 0.299 e. The van der Waals surface area contributed by atoms with Crippen LogP contribution < -0.4 is 4.90 Å². The van der Waals surface area contributed by atoms with Crippen molar-refractivity contribution in [3.63, 3.8) is 0 Å². The Kier molecular flexibility index (Phi) is 4.83. The summed E-state index contributed by atoms with van der Waals surface area (Å²) in [5, 5.41) is 0.456. The van der Waals surface area contributed by atoms with Crippen molar-refractivity contribution in [3.8, 4) is 0 Å². The molecular formula is C14H15Cl2NO2. The van der Waals surface area contributed by atoms with Crippen LogP contribution in [0.3, 0.4) is 0 Å². The van der Waals surface area contributed by atoms with E-state index in [2.05, 4.69) is 0 Å². The van der Waals surface area contributed by atoms with Crippen LogP contribution in [0.15, 0.2) is 18.2 Å². The molecule has 0 N–H and O–H groups in total. The molecule has 1 heterocycles. The molecule has 19 heavy (non-hydrogen) atoms. The number of para-hydroxylation sites is 1. The number of benzene rings is 1. The fourth-order valence-corrected chi connectivity index (χ4v) is 2.71. The van der Waals surface area contributed by atoms with Gasteiger partial charge in [-0.15, -0.1) is 11.6 Å². The summed E-state index contributed by atoms with van der Waals surface area (Å²) in [7, 11) is 0. The molecule has 1 aromatic carbocycles. The fourth-order valence-electron chi connectivity index (χ4n) is 2.24. The predicted molar refractivity (Wildman–Crippen MR) is 77.3 cm³/mol. The van der Waals surface area contributed by atoms with E-state index < -0.39 is 11.7 Å². The first-order valence-electron chi connectivity index (χ1n) is 6.37. The minimum atomic E-state index is -0.472. The highest BCUT2D eigenvalue weighted by molar-refractivity contribution is 6.54. The molecule has 1 aliphatic rings. The van der Waals surface area contributed by atoms with Crippen molar-refractivity contribution >= 4 is 40.6 Å². The number of unbranched alkanes of at least 4 members (excludes halogenated alkanes) is 3. The first kappa shape index (κ1) is 14.4. The number of carbonyl (C=O) groups excluding carboxylic acids is 2. The van der Waals surface area contributed by atoms with Crippen molar-refractivity contribution in [2.75, 3.05) is 17.3 Å². The van der Waals surface area contributed by atoms with Gasteiger partial charge in [0.2, 0.25) is 0 Å². The maximum Gasteiger partial charge on any atom is 0.299 e. The number of hydrogen-bond acceptors (Lipinski definition) is 2. The molecule has 0 bridgehead atoms. The maximum atomic E-state index is 11.9. The predicted octanol–water partition coefficient (Wildman–Crippen LogP) is 3.67. The van der Waals surface area contributed by atoms with Crippen molar-refractivity contribution in [3.05, 3.63) is 28.8 Å². The number of hydrogen-bond donors (Lipinski definition) is 0. The maximum absolute atomic E-state index is 11.9. The van der Waals surface area contributed by atoms with E-state index in [4.69, 9.17) is 23.2 Å². The van der Waals surface area contributed by atoms with Gasteiger partial charge in [-0.25, -0.2) is 0 Å². The summed E-state index contributed by atoms with van der Waals surface area (Å²) in [6.07, 6.45) is 3.85. The zero-order valence-electron chi connectivity index (χ0n) is 10.5. The second-order valence-corrected chi connectivity index (χ2v) is 5.31. The summed E-state index contributed by atoms with van der Waals surface area (Å²) in [6, 6.07) is 5.04. The lowest BCUT2D eigenvalue weighted by Crippen LogP contribution is -2.30. The Labute approximate surface area is 122 Å². The van der Waals surface area contributed by atoms with Gasteiger partial charge in [-0.3, -0.25) is 9.59 Å². The molecule has 0 radical (unpaired) electrons. The van der Waals surface area contributed by atoms with Crippen molar-refractivity contribution < 1.29 is 9.59 Å². The van der Waals surface area contributed by atoms with Crippen molar-refractivity contribution in [1.29, 1.82) is 0 Å². The molecular weight excluding hydrogens is 285 g/mol. The summed E-state index contributed by atoms with van der Waals surface area (Å²) in [5.74, 6) is -0.269. The molecule has 0 saturated heterocycles. The molecule has 0 saturated carbocycles. The van der Waals surface area contributed by atoms with E-state index in [9.17, 15) is 9.59 Å². The Morgan fingerprint density at radius 1 is 1.05 bits per heavy atom. The van der Waals surface area contributed by atoms with Crippen molar-refractivity contribution in [2.45, 2.75) is 25.7 Å². The normalized spacial score (nSPS) is 14.1. The first-order valence-corrected chi connectivity index (χ1v) is 7.28. The van der Waals surface area contributed by atoms with Gasteiger partial charge in [-0.1, -0.05) is 30.5 Å². The van der Waals surface area contributed by atoms with Crippen LogP contribution in [0.5, 0.6) is 0 Å². The number of nitrogens with zero attached hydrogens (tertiary/aromatic N) is 1. The molecule has 1 aliphatic heterocycles. The average Bonchev–Trinajstić information content (AvgIpc) is 2.65. The summed E-state index contributed by atoms with van der Waals surface area (Å²) in [5.41, 5.74) is 0.981. The number of anilines is 1. The molecule has 0 atom stereocenters. The molecule has 0 unspecified atom stereocenters. The van der Waals surface area contributed by atoms with Gasteiger partial charge in [0.05, 0.1) is 16.3 Å². The first-order chi connectivity index (χ1) is 9.16. The van der Waals surface area contributed by atoms with Crippen LogP contribution in [-0.2, 0) is 4.79 Å². The third-order valence-electron chi connectivity index (χ3n) is 3.21. The summed E-state index contributed by atoms with van der Waals surface area (Å²) < 4.78 is 0. The molecule has 1 amide bonds. The number of Topliss-reactive ketones (excluding diaryl/α,β-unsaturated/α-hetero) is 1. The standard InChI is InChI=1S/C14H15Cl2NO2/c15-8-3-1-2-4-9-17-12-10(13(18)14(17)19)6-5-7-11(12)16/h5-7H,1-4,8-9H2. The highest BCUT2D eigenvalue weighted by Crippen LogP contribution is 2.35. The van der Waals surface area contributed by atoms with Gasteiger partial charge in [-0.2, -0.15) is 0 Å². The average molecular weight is 300 g/mol. The van der Waals surface area contributed by atoms with Gasteiger partial charge in [0.25, 0.3) is 11.7 Å². The Morgan fingerprint density at radius 2 is 1.79 bits per heavy atom. The largest absolute Gasteiger partial charge is 0.303 e. The summed E-state index contributed by atoms with van der Waals surface area (Å²) >= 11 is 11.7. The Bertz CT molecular complexity index is 502. The number of carbonyl (C=O) groups is 2. The zero-order valence-corrected chi connectivity index (χ0v) is 12.0. The van der Waals surface area contributed by atoms with Crippen LogP contribution in [-0.4, -0.2) is 24.1 Å². The fraction of sp³-hybridized carbons (Fsp3) is 0.429. The molecule has 3 nitrogen and oxygen atoms in total. The zero-order chi connectivity index (χ0) is 13.8. The van der Waals surface area contributed by atoms with E-state index in [1.165, 1.54) is 4.90 Å². The van der Waals surface area contributed by atoms with Gasteiger partial charge in [-0.05, 0) is 25.0 Å². The lowest BCUT2D eigenvalue weighted by molar-refractivity contribution is -0.114. The minimum absolute atomic E-state index is 0.415. The van der Waals surface area contributed by atoms with Crippen molar-refractivity contribution in [1.82, 2.24) is 0 Å². The van der Waals surface area contributed by atoms with Crippen LogP contribution >= 0.6 is 23.2 Å². The molecule has 102 valence electrons. The highest BCUT2D eigenvalue weighted by Gasteiger charge is 2.36. The van der Waals surface area contributed by atoms with Gasteiger partial charge in [0.15, 0.2) is 0 Å². The second-order valence-electron chi connectivity index (χ2n) is 4.53. The Hall–Kier alpha value is -1.06. The molecule has 2 rings (SSSR count). The second kappa shape index (κ2) is 6.40. The van der Waals surface area contributed by atoms with Crippen LogP contribution in [0, 0.1) is 0 Å². The van der Waals surface area contributed by atoms with E-state index >= 15 is 0 Å². The molecule has 0 spiro atoms. The number of halogens is 2. The lowest BCUT2D eigenvalue weighted by Gasteiger charge is -2.17. The summed E-state index contributed by atoms with van der Waals surface area (Å²) in [4.78, 5) is 25.3. The number of rotatable bonds is 6. The third-order valence-corrected chi connectivity index (χ3v) is 3.78. The quantitative estimate of drug-likeness (QED) is 0.457. The van der Waals surface area contributed by atoms with E-state index in [-0.39, 0.29) is 0 Å². The van der Waals surface area contributed by atoms with Crippen LogP contribution in [0.1, 0.15) is 36.0 Å². The van der Waals surface area contributed by atoms with Crippen LogP contribution in [0.25, 0.3) is 0 Å². The molecule has 0 fully saturated rings. The third kappa shape index (κ3) is 2.93. The van der Waals surface area contributed by atoms with Crippen molar-refractivity contribution in [2.24, 2.45) is 0 Å². The van der Waals surface area contributed by atoms with E-state index in [0.717, 1.165) is 25.7 Å². The molecule has 0 aliphatic carbocycles. The summed E-state index contributed by atoms with van der Waals surface area (Å²) in [6.45, 7) is 0.531. The highest BCUT2D eigenvalue weighted by atomic mass is 35.5. The van der Waals surface area contributed by atoms with E-state index in [0.29, 0.717) is 28.7 Å². The van der Waals surface area contributed by atoms with Crippen LogP contribution in [0.4, 0.5) is 5.69 Å². The molecule has 0 aromatic heterocycles. The topological polar surface area (TPSA) is 37.4 Å². The Balaban J connectivity index is 2.06. The number of fused-ring (bicyclic) bond motifs is 1. The number of alkyl halides is 1. The van der Waals surface area contributed by atoms with E-state index in [1.54, 1.807) is 18.2 Å². The molecule has 5 heteroatoms. The van der Waals surface area contributed by atoms with Gasteiger partial charge >= 0.3 is 0 Å². The van der Waals surface area contributed by atoms with Gasteiger partial charge in [0.1, 0.15) is 0 Å². The molecule has 1 aromatic rings. The van der Waals surface area contributed by atoms with Gasteiger partial charge in [0, 0.05) is 12.4 Å². The van der Waals surface area contributed by atoms with E-state index in [1.807, 2.05) is 0 Å². The van der Waals surface area contributed by atoms with Gasteiger partial charge < -0.3 is 4.90 Å². The van der Waals surface area contributed by atoms with Crippen LogP contribution in [0.2, 0.25) is 5.02 Å². The lowest BCUT2D eigenvalue weighted by atomic mass is 10.1. The Morgan fingerprint density at radius 3 is 2.53 bits per heavy atom. The minimum Gasteiger partial charge on any atom is -0.303 e.